The molecule has 0 radical (unpaired) electrons. The molecule has 28 heavy (non-hydrogen) atoms. The van der Waals surface area contributed by atoms with Gasteiger partial charge >= 0.3 is 5.97 Å². The second-order valence-electron chi connectivity index (χ2n) is 6.13. The van der Waals surface area contributed by atoms with Crippen LogP contribution >= 0.6 is 0 Å². The molecule has 0 aliphatic rings. The number of aryl methyl sites for hydroxylation is 1. The van der Waals surface area contributed by atoms with Crippen LogP contribution in [-0.2, 0) is 21.2 Å². The Kier molecular flexibility index (Phi) is 5.62. The van der Waals surface area contributed by atoms with Crippen molar-refractivity contribution in [3.8, 4) is 0 Å². The molecule has 0 unspecified atom stereocenters. The highest BCUT2D eigenvalue weighted by Crippen LogP contribution is 2.23. The minimum Gasteiger partial charge on any atom is -0.454 e. The molecule has 3 aromatic rings. The highest BCUT2D eigenvalue weighted by atomic mass is 32.2. The number of carbonyl (C=O) groups excluding carboxylic acids is 2. The molecule has 146 valence electrons. The van der Waals surface area contributed by atoms with Crippen molar-refractivity contribution in [1.29, 1.82) is 0 Å². The molecule has 0 aliphatic carbocycles. The van der Waals surface area contributed by atoms with Gasteiger partial charge in [-0.3, -0.25) is 4.79 Å². The van der Waals surface area contributed by atoms with E-state index >= 15 is 0 Å². The van der Waals surface area contributed by atoms with Gasteiger partial charge in [0.05, 0.1) is 10.5 Å². The van der Waals surface area contributed by atoms with E-state index in [4.69, 9.17) is 4.74 Å². The van der Waals surface area contributed by atoms with Gasteiger partial charge in [-0.15, -0.1) is 0 Å². The van der Waals surface area contributed by atoms with Crippen LogP contribution in [0.1, 0.15) is 33.2 Å². The second-order valence-corrected chi connectivity index (χ2v) is 8.02. The van der Waals surface area contributed by atoms with Crippen molar-refractivity contribution >= 4 is 32.7 Å². The van der Waals surface area contributed by atoms with Crippen LogP contribution in [0, 0.1) is 0 Å². The topological polar surface area (TPSA) is 105 Å². The number of benzene rings is 2. The van der Waals surface area contributed by atoms with Gasteiger partial charge in [0.1, 0.15) is 0 Å². The van der Waals surface area contributed by atoms with Gasteiger partial charge in [-0.05, 0) is 37.2 Å². The normalized spacial score (nSPS) is 11.5. The Balaban J connectivity index is 1.75. The van der Waals surface area contributed by atoms with Crippen LogP contribution < -0.4 is 4.72 Å². The van der Waals surface area contributed by atoms with E-state index in [9.17, 15) is 18.0 Å². The summed E-state index contributed by atoms with van der Waals surface area (Å²) in [6.07, 6.45) is 2.44. The molecular formula is C20H20N2O5S. The highest BCUT2D eigenvalue weighted by Gasteiger charge is 2.18. The Hall–Kier alpha value is -2.97. The number of rotatable bonds is 7. The number of aromatic nitrogens is 1. The van der Waals surface area contributed by atoms with E-state index in [1.165, 1.54) is 31.3 Å². The number of Topliss-reactive ketones (excluding diaryl/α,β-unsaturated/α-hetero) is 1. The van der Waals surface area contributed by atoms with Gasteiger partial charge in [-0.25, -0.2) is 17.9 Å². The third kappa shape index (κ3) is 3.83. The number of H-pyrrole nitrogens is 1. The third-order valence-corrected chi connectivity index (χ3v) is 5.88. The fourth-order valence-corrected chi connectivity index (χ4v) is 3.72. The summed E-state index contributed by atoms with van der Waals surface area (Å²) in [5.74, 6) is -1.11. The summed E-state index contributed by atoms with van der Waals surface area (Å²) in [5.41, 5.74) is 2.49. The number of sulfonamides is 1. The number of carbonyl (C=O) groups is 2. The molecule has 1 aromatic heterocycles. The SMILES string of the molecule is CCc1cccc2c(C(=O)COC(=O)c3cccc(S(=O)(=O)NC)c3)c[nH]c12. The van der Waals surface area contributed by atoms with Gasteiger partial charge in [0.15, 0.2) is 6.61 Å². The molecular weight excluding hydrogens is 380 g/mol. The lowest BCUT2D eigenvalue weighted by molar-refractivity contribution is 0.0475. The Bertz CT molecular complexity index is 1150. The summed E-state index contributed by atoms with van der Waals surface area (Å²) < 4.78 is 31.0. The molecule has 0 saturated heterocycles. The molecule has 2 N–H and O–H groups in total. The Labute approximate surface area is 162 Å². The van der Waals surface area contributed by atoms with E-state index in [2.05, 4.69) is 9.71 Å². The molecule has 0 bridgehead atoms. The second kappa shape index (κ2) is 7.95. The first-order chi connectivity index (χ1) is 13.4. The number of ketones is 1. The summed E-state index contributed by atoms with van der Waals surface area (Å²) in [6.45, 7) is 1.59. The van der Waals surface area contributed by atoms with Crippen LogP contribution in [0.5, 0.6) is 0 Å². The van der Waals surface area contributed by atoms with Crippen LogP contribution in [0.2, 0.25) is 0 Å². The van der Waals surface area contributed by atoms with Crippen LogP contribution in [0.25, 0.3) is 10.9 Å². The highest BCUT2D eigenvalue weighted by molar-refractivity contribution is 7.89. The molecule has 1 heterocycles. The predicted molar refractivity (Wildman–Crippen MR) is 105 cm³/mol. The van der Waals surface area contributed by atoms with Crippen molar-refractivity contribution in [2.24, 2.45) is 0 Å². The van der Waals surface area contributed by atoms with Gasteiger partial charge in [0.25, 0.3) is 0 Å². The number of hydrogen-bond acceptors (Lipinski definition) is 5. The lowest BCUT2D eigenvalue weighted by Gasteiger charge is -2.07. The molecule has 0 atom stereocenters. The number of nitrogens with one attached hydrogen (secondary N) is 2. The summed E-state index contributed by atoms with van der Waals surface area (Å²) in [5, 5.41) is 0.780. The molecule has 3 rings (SSSR count). The number of ether oxygens (including phenoxy) is 1. The number of aromatic amines is 1. The van der Waals surface area contributed by atoms with Gasteiger partial charge in [-0.2, -0.15) is 0 Å². The summed E-state index contributed by atoms with van der Waals surface area (Å²) in [4.78, 5) is 27.8. The maximum Gasteiger partial charge on any atom is 0.338 e. The fourth-order valence-electron chi connectivity index (χ4n) is 2.94. The summed E-state index contributed by atoms with van der Waals surface area (Å²) >= 11 is 0. The Morgan fingerprint density at radius 2 is 1.89 bits per heavy atom. The standard InChI is InChI=1S/C20H20N2O5S/c1-3-13-6-5-9-16-17(11-22-19(13)16)18(23)12-27-20(24)14-7-4-8-15(10-14)28(25,26)21-2/h4-11,21-22H,3,12H2,1-2H3. The first-order valence-electron chi connectivity index (χ1n) is 8.70. The van der Waals surface area contributed by atoms with Crippen molar-refractivity contribution in [1.82, 2.24) is 9.71 Å². The Morgan fingerprint density at radius 1 is 1.14 bits per heavy atom. The van der Waals surface area contributed by atoms with Crippen LogP contribution in [0.15, 0.2) is 53.6 Å². The van der Waals surface area contributed by atoms with E-state index in [1.54, 1.807) is 6.20 Å². The predicted octanol–water partition coefficient (Wildman–Crippen LogP) is 2.68. The molecule has 0 fully saturated rings. The van der Waals surface area contributed by atoms with Crippen LogP contribution in [0.3, 0.4) is 0 Å². The zero-order valence-corrected chi connectivity index (χ0v) is 16.3. The van der Waals surface area contributed by atoms with Crippen LogP contribution in [0.4, 0.5) is 0 Å². The van der Waals surface area contributed by atoms with E-state index in [0.29, 0.717) is 5.56 Å². The molecule has 0 spiro atoms. The van der Waals surface area contributed by atoms with Crippen molar-refractivity contribution in [3.63, 3.8) is 0 Å². The maximum absolute atomic E-state index is 12.5. The molecule has 0 aliphatic heterocycles. The summed E-state index contributed by atoms with van der Waals surface area (Å²) in [6, 6.07) is 11.1. The first kappa shape index (κ1) is 19.8. The molecule has 0 saturated carbocycles. The molecule has 8 heteroatoms. The Morgan fingerprint density at radius 3 is 2.61 bits per heavy atom. The van der Waals surface area contributed by atoms with E-state index in [1.807, 2.05) is 25.1 Å². The zero-order valence-electron chi connectivity index (χ0n) is 15.5. The summed E-state index contributed by atoms with van der Waals surface area (Å²) in [7, 11) is -2.40. The third-order valence-electron chi connectivity index (χ3n) is 4.47. The van der Waals surface area contributed by atoms with E-state index in [0.717, 1.165) is 22.9 Å². The fraction of sp³-hybridized carbons (Fsp3) is 0.200. The number of para-hydroxylation sites is 1. The lowest BCUT2D eigenvalue weighted by Crippen LogP contribution is -2.19. The molecule has 2 aromatic carbocycles. The van der Waals surface area contributed by atoms with Crippen molar-refractivity contribution in [2.75, 3.05) is 13.7 Å². The average Bonchev–Trinajstić information content (AvgIpc) is 3.16. The maximum atomic E-state index is 12.5. The van der Waals surface area contributed by atoms with Gasteiger partial charge in [-0.1, -0.05) is 31.2 Å². The van der Waals surface area contributed by atoms with Gasteiger partial charge in [0.2, 0.25) is 15.8 Å². The largest absolute Gasteiger partial charge is 0.454 e. The number of hydrogen-bond donors (Lipinski definition) is 2. The molecule has 7 nitrogen and oxygen atoms in total. The van der Waals surface area contributed by atoms with E-state index < -0.39 is 22.6 Å². The average molecular weight is 400 g/mol. The van der Waals surface area contributed by atoms with Crippen molar-refractivity contribution < 1.29 is 22.7 Å². The van der Waals surface area contributed by atoms with Gasteiger partial charge < -0.3 is 9.72 Å². The number of esters is 1. The monoisotopic (exact) mass is 400 g/mol. The minimum absolute atomic E-state index is 0.0521. The van der Waals surface area contributed by atoms with Crippen molar-refractivity contribution in [3.05, 3.63) is 65.4 Å². The first-order valence-corrected chi connectivity index (χ1v) is 10.2. The lowest BCUT2D eigenvalue weighted by atomic mass is 10.1. The van der Waals surface area contributed by atoms with Crippen LogP contribution in [-0.4, -0.2) is 38.8 Å². The van der Waals surface area contributed by atoms with Gasteiger partial charge in [0, 0.05) is 22.7 Å². The molecule has 0 amide bonds. The number of fused-ring (bicyclic) bond motifs is 1. The smallest absolute Gasteiger partial charge is 0.338 e. The zero-order chi connectivity index (χ0) is 20.3. The quantitative estimate of drug-likeness (QED) is 0.469. The minimum atomic E-state index is -3.68. The van der Waals surface area contributed by atoms with E-state index in [-0.39, 0.29) is 16.2 Å². The van der Waals surface area contributed by atoms with Crippen molar-refractivity contribution in [2.45, 2.75) is 18.2 Å².